The Morgan fingerprint density at radius 1 is 1.33 bits per heavy atom. The summed E-state index contributed by atoms with van der Waals surface area (Å²) < 4.78 is 12.3. The van der Waals surface area contributed by atoms with Crippen molar-refractivity contribution in [1.82, 2.24) is 15.0 Å². The predicted molar refractivity (Wildman–Crippen MR) is 66.3 cm³/mol. The summed E-state index contributed by atoms with van der Waals surface area (Å²) in [4.78, 5) is 0. The Hall–Kier alpha value is -1.46. The Bertz CT molecular complexity index is 586. The summed E-state index contributed by atoms with van der Waals surface area (Å²) in [5.74, 6) is 1.61. The molecule has 0 saturated carbocycles. The number of aromatic nitrogens is 3. The van der Waals surface area contributed by atoms with E-state index in [4.69, 9.17) is 32.7 Å². The van der Waals surface area contributed by atoms with Gasteiger partial charge in [0.1, 0.15) is 0 Å². The molecule has 18 heavy (non-hydrogen) atoms. The van der Waals surface area contributed by atoms with E-state index < -0.39 is 0 Å². The maximum Gasteiger partial charge on any atom is 0.231 e. The highest BCUT2D eigenvalue weighted by Gasteiger charge is 2.18. The third kappa shape index (κ3) is 2.11. The first kappa shape index (κ1) is 11.6. The summed E-state index contributed by atoms with van der Waals surface area (Å²) in [6.45, 7) is 0.762. The highest BCUT2D eigenvalue weighted by Crippen LogP contribution is 2.39. The molecule has 3 rings (SSSR count). The van der Waals surface area contributed by atoms with Crippen LogP contribution in [0.1, 0.15) is 11.3 Å². The normalized spacial score (nSPS) is 13.0. The molecule has 0 amide bonds. The first-order valence-corrected chi connectivity index (χ1v) is 6.20. The lowest BCUT2D eigenvalue weighted by molar-refractivity contribution is 0.174. The molecule has 0 fully saturated rings. The number of halogens is 2. The number of hydrogen-bond acceptors (Lipinski definition) is 4. The van der Waals surface area contributed by atoms with Gasteiger partial charge in [0.2, 0.25) is 6.79 Å². The Morgan fingerprint density at radius 3 is 3.00 bits per heavy atom. The zero-order chi connectivity index (χ0) is 12.5. The lowest BCUT2D eigenvalue weighted by Gasteiger charge is -2.04. The van der Waals surface area contributed by atoms with Crippen LogP contribution in [0.4, 0.5) is 0 Å². The highest BCUT2D eigenvalue weighted by atomic mass is 35.5. The number of benzene rings is 1. The number of hydrogen-bond donors (Lipinski definition) is 0. The lowest BCUT2D eigenvalue weighted by Crippen LogP contribution is -2.00. The lowest BCUT2D eigenvalue weighted by atomic mass is 10.2. The highest BCUT2D eigenvalue weighted by molar-refractivity contribution is 6.32. The molecule has 0 unspecified atom stereocenters. The van der Waals surface area contributed by atoms with Crippen LogP contribution in [-0.4, -0.2) is 21.8 Å². The molecular formula is C11H9Cl2N3O2. The number of alkyl halides is 1. The molecule has 94 valence electrons. The Balaban J connectivity index is 1.87. The van der Waals surface area contributed by atoms with Crippen molar-refractivity contribution in [3.63, 3.8) is 0 Å². The van der Waals surface area contributed by atoms with Crippen LogP contribution in [-0.2, 0) is 12.4 Å². The van der Waals surface area contributed by atoms with Gasteiger partial charge in [-0.15, -0.1) is 16.7 Å². The van der Waals surface area contributed by atoms with E-state index in [1.54, 1.807) is 10.9 Å². The largest absolute Gasteiger partial charge is 0.454 e. The molecule has 0 saturated heterocycles. The third-order valence-corrected chi connectivity index (χ3v) is 3.11. The van der Waals surface area contributed by atoms with Crippen LogP contribution >= 0.6 is 23.2 Å². The molecule has 0 radical (unpaired) electrons. The molecule has 2 aromatic rings. The van der Waals surface area contributed by atoms with Crippen molar-refractivity contribution >= 4 is 23.2 Å². The number of rotatable bonds is 3. The topological polar surface area (TPSA) is 49.2 Å². The Morgan fingerprint density at radius 2 is 2.22 bits per heavy atom. The van der Waals surface area contributed by atoms with Crippen LogP contribution in [0, 0.1) is 0 Å². The Labute approximate surface area is 113 Å². The number of nitrogens with zero attached hydrogens (tertiary/aromatic N) is 3. The molecule has 0 aliphatic carbocycles. The smallest absolute Gasteiger partial charge is 0.231 e. The molecule has 0 bridgehead atoms. The molecule has 7 heteroatoms. The minimum Gasteiger partial charge on any atom is -0.454 e. The zero-order valence-corrected chi connectivity index (χ0v) is 10.8. The molecule has 1 aliphatic rings. The van der Waals surface area contributed by atoms with E-state index in [9.17, 15) is 0 Å². The van der Waals surface area contributed by atoms with E-state index in [2.05, 4.69) is 10.3 Å². The second-order valence-electron chi connectivity index (χ2n) is 3.85. The van der Waals surface area contributed by atoms with Crippen molar-refractivity contribution in [2.45, 2.75) is 12.4 Å². The van der Waals surface area contributed by atoms with Gasteiger partial charge in [-0.05, 0) is 17.7 Å². The molecule has 5 nitrogen and oxygen atoms in total. The van der Waals surface area contributed by atoms with Crippen molar-refractivity contribution in [3.8, 4) is 11.5 Å². The van der Waals surface area contributed by atoms with Gasteiger partial charge in [0.05, 0.1) is 29.3 Å². The SMILES string of the molecule is ClCc1cn(Cc2cc(Cl)c3c(c2)OCO3)nn1. The van der Waals surface area contributed by atoms with Gasteiger partial charge in [0, 0.05) is 0 Å². The van der Waals surface area contributed by atoms with E-state index in [1.165, 1.54) is 0 Å². The van der Waals surface area contributed by atoms with E-state index in [0.29, 0.717) is 28.9 Å². The Kier molecular flexibility index (Phi) is 3.01. The van der Waals surface area contributed by atoms with Crippen molar-refractivity contribution < 1.29 is 9.47 Å². The van der Waals surface area contributed by atoms with E-state index >= 15 is 0 Å². The maximum absolute atomic E-state index is 6.10. The van der Waals surface area contributed by atoms with Gasteiger partial charge in [0.15, 0.2) is 11.5 Å². The first-order chi connectivity index (χ1) is 8.76. The molecule has 0 N–H and O–H groups in total. The monoisotopic (exact) mass is 285 g/mol. The summed E-state index contributed by atoms with van der Waals surface area (Å²) in [6.07, 6.45) is 1.80. The van der Waals surface area contributed by atoms with Crippen LogP contribution < -0.4 is 9.47 Å². The second-order valence-corrected chi connectivity index (χ2v) is 4.53. The molecule has 1 aromatic carbocycles. The van der Waals surface area contributed by atoms with Gasteiger partial charge in [-0.25, -0.2) is 4.68 Å². The minimum atomic E-state index is 0.207. The van der Waals surface area contributed by atoms with Crippen LogP contribution in [0.15, 0.2) is 18.3 Å². The van der Waals surface area contributed by atoms with E-state index in [1.807, 2.05) is 12.1 Å². The zero-order valence-electron chi connectivity index (χ0n) is 9.27. The number of ether oxygens (including phenoxy) is 2. The van der Waals surface area contributed by atoms with Crippen LogP contribution in [0.25, 0.3) is 0 Å². The average molecular weight is 286 g/mol. The van der Waals surface area contributed by atoms with Crippen molar-refractivity contribution in [3.05, 3.63) is 34.6 Å². The average Bonchev–Trinajstić information content (AvgIpc) is 2.97. The van der Waals surface area contributed by atoms with Gasteiger partial charge in [-0.2, -0.15) is 0 Å². The van der Waals surface area contributed by atoms with Crippen molar-refractivity contribution in [2.75, 3.05) is 6.79 Å². The summed E-state index contributed by atoms with van der Waals surface area (Å²) in [5, 5.41) is 8.43. The van der Waals surface area contributed by atoms with Crippen molar-refractivity contribution in [2.24, 2.45) is 0 Å². The van der Waals surface area contributed by atoms with Gasteiger partial charge in [0.25, 0.3) is 0 Å². The first-order valence-electron chi connectivity index (χ1n) is 5.29. The minimum absolute atomic E-state index is 0.207. The molecule has 0 spiro atoms. The molecular weight excluding hydrogens is 277 g/mol. The summed E-state index contributed by atoms with van der Waals surface area (Å²) >= 11 is 11.8. The van der Waals surface area contributed by atoms with Crippen LogP contribution in [0.2, 0.25) is 5.02 Å². The van der Waals surface area contributed by atoms with Gasteiger partial charge in [-0.3, -0.25) is 0 Å². The van der Waals surface area contributed by atoms with Gasteiger partial charge >= 0.3 is 0 Å². The van der Waals surface area contributed by atoms with Crippen LogP contribution in [0.3, 0.4) is 0 Å². The standard InChI is InChI=1S/C11H9Cl2N3O2/c12-3-8-5-16(15-14-8)4-7-1-9(13)11-10(2-7)17-6-18-11/h1-2,5H,3-4,6H2. The quantitative estimate of drug-likeness (QED) is 0.813. The fraction of sp³-hybridized carbons (Fsp3) is 0.273. The fourth-order valence-corrected chi connectivity index (χ4v) is 2.19. The fourth-order valence-electron chi connectivity index (χ4n) is 1.78. The van der Waals surface area contributed by atoms with Crippen molar-refractivity contribution in [1.29, 1.82) is 0 Å². The summed E-state index contributed by atoms with van der Waals surface area (Å²) in [5.41, 5.74) is 1.71. The summed E-state index contributed by atoms with van der Waals surface area (Å²) in [7, 11) is 0. The maximum atomic E-state index is 6.10. The van der Waals surface area contributed by atoms with E-state index in [0.717, 1.165) is 11.3 Å². The molecule has 1 aromatic heterocycles. The van der Waals surface area contributed by atoms with Crippen LogP contribution in [0.5, 0.6) is 11.5 Å². The van der Waals surface area contributed by atoms with E-state index in [-0.39, 0.29) is 6.79 Å². The number of fused-ring (bicyclic) bond motifs is 1. The van der Waals surface area contributed by atoms with Gasteiger partial charge < -0.3 is 9.47 Å². The predicted octanol–water partition coefficient (Wildman–Crippen LogP) is 2.45. The summed E-state index contributed by atoms with van der Waals surface area (Å²) in [6, 6.07) is 3.72. The molecule has 0 atom stereocenters. The molecule has 2 heterocycles. The third-order valence-electron chi connectivity index (χ3n) is 2.55. The molecule has 1 aliphatic heterocycles. The second kappa shape index (κ2) is 4.66. The van der Waals surface area contributed by atoms with Gasteiger partial charge in [-0.1, -0.05) is 16.8 Å².